The molecule has 0 N–H and O–H groups in total. The zero-order valence-electron chi connectivity index (χ0n) is 14.0. The molecule has 2 amide bonds. The van der Waals surface area contributed by atoms with Gasteiger partial charge >= 0.3 is 0 Å². The van der Waals surface area contributed by atoms with Gasteiger partial charge in [-0.05, 0) is 38.2 Å². The molecule has 0 bridgehead atoms. The Labute approximate surface area is 138 Å². The summed E-state index contributed by atoms with van der Waals surface area (Å²) in [6.45, 7) is 5.04. The number of amides is 2. The molecule has 0 radical (unpaired) electrons. The molecule has 3 rings (SSSR count). The molecule has 4 heteroatoms. The molecule has 1 heterocycles. The van der Waals surface area contributed by atoms with E-state index in [0.717, 1.165) is 38.8 Å². The van der Waals surface area contributed by atoms with Gasteiger partial charge in [-0.15, -0.1) is 0 Å². The maximum Gasteiger partial charge on any atom is 0.225 e. The quantitative estimate of drug-likeness (QED) is 0.856. The molecule has 1 aromatic rings. The molecule has 0 unspecified atom stereocenters. The summed E-state index contributed by atoms with van der Waals surface area (Å²) < 4.78 is 0. The highest BCUT2D eigenvalue weighted by atomic mass is 16.2. The van der Waals surface area contributed by atoms with Crippen LogP contribution in [0.3, 0.4) is 0 Å². The van der Waals surface area contributed by atoms with E-state index in [1.54, 1.807) is 0 Å². The van der Waals surface area contributed by atoms with E-state index < -0.39 is 0 Å². The first kappa shape index (κ1) is 16.0. The first-order valence-electron chi connectivity index (χ1n) is 8.75. The van der Waals surface area contributed by atoms with Gasteiger partial charge in [-0.25, -0.2) is 0 Å². The summed E-state index contributed by atoms with van der Waals surface area (Å²) >= 11 is 0. The number of hydrogen-bond donors (Lipinski definition) is 0. The van der Waals surface area contributed by atoms with Crippen molar-refractivity contribution in [1.82, 2.24) is 9.80 Å². The van der Waals surface area contributed by atoms with E-state index in [0.29, 0.717) is 25.4 Å². The summed E-state index contributed by atoms with van der Waals surface area (Å²) in [5, 5.41) is 0. The Morgan fingerprint density at radius 1 is 1.09 bits per heavy atom. The summed E-state index contributed by atoms with van der Waals surface area (Å²) in [6, 6.07) is 8.35. The summed E-state index contributed by atoms with van der Waals surface area (Å²) in [7, 11) is 0. The van der Waals surface area contributed by atoms with Crippen molar-refractivity contribution in [2.75, 3.05) is 26.2 Å². The topological polar surface area (TPSA) is 40.6 Å². The minimum absolute atomic E-state index is 0.215. The zero-order valence-corrected chi connectivity index (χ0v) is 14.0. The Morgan fingerprint density at radius 3 is 2.57 bits per heavy atom. The number of hydrogen-bond acceptors (Lipinski definition) is 2. The second kappa shape index (κ2) is 7.16. The van der Waals surface area contributed by atoms with E-state index in [9.17, 15) is 9.59 Å². The predicted molar refractivity (Wildman–Crippen MR) is 90.0 cm³/mol. The van der Waals surface area contributed by atoms with Gasteiger partial charge in [0.05, 0.1) is 0 Å². The van der Waals surface area contributed by atoms with Crippen LogP contribution in [-0.2, 0) is 16.0 Å². The van der Waals surface area contributed by atoms with Crippen molar-refractivity contribution in [3.63, 3.8) is 0 Å². The van der Waals surface area contributed by atoms with Crippen molar-refractivity contribution in [2.24, 2.45) is 5.92 Å². The van der Waals surface area contributed by atoms with Crippen LogP contribution in [0.2, 0.25) is 0 Å². The lowest BCUT2D eigenvalue weighted by Gasteiger charge is -2.22. The Morgan fingerprint density at radius 2 is 1.83 bits per heavy atom. The van der Waals surface area contributed by atoms with Crippen LogP contribution in [0.15, 0.2) is 24.3 Å². The monoisotopic (exact) mass is 314 g/mol. The van der Waals surface area contributed by atoms with Crippen molar-refractivity contribution < 1.29 is 9.59 Å². The molecule has 1 aliphatic heterocycles. The average molecular weight is 314 g/mol. The highest BCUT2D eigenvalue weighted by Gasteiger charge is 2.34. The van der Waals surface area contributed by atoms with Crippen LogP contribution in [0, 0.1) is 12.8 Å². The molecule has 1 aromatic carbocycles. The van der Waals surface area contributed by atoms with Crippen molar-refractivity contribution in [1.29, 1.82) is 0 Å². The van der Waals surface area contributed by atoms with Crippen molar-refractivity contribution in [3.05, 3.63) is 35.4 Å². The number of nitrogens with zero attached hydrogens (tertiary/aromatic N) is 2. The highest BCUT2D eigenvalue weighted by molar-refractivity contribution is 5.81. The van der Waals surface area contributed by atoms with Gasteiger partial charge in [-0.2, -0.15) is 0 Å². The van der Waals surface area contributed by atoms with Crippen molar-refractivity contribution >= 4 is 11.8 Å². The summed E-state index contributed by atoms with van der Waals surface area (Å²) in [5.74, 6) is 0.796. The molecule has 124 valence electrons. The van der Waals surface area contributed by atoms with Gasteiger partial charge in [0.1, 0.15) is 0 Å². The van der Waals surface area contributed by atoms with Gasteiger partial charge < -0.3 is 9.80 Å². The molecule has 2 aliphatic rings. The fraction of sp³-hybridized carbons (Fsp3) is 0.579. The largest absolute Gasteiger partial charge is 0.341 e. The molecule has 1 saturated heterocycles. The zero-order chi connectivity index (χ0) is 16.2. The van der Waals surface area contributed by atoms with Crippen LogP contribution < -0.4 is 0 Å². The third-order valence-corrected chi connectivity index (χ3v) is 4.80. The lowest BCUT2D eigenvalue weighted by Crippen LogP contribution is -2.38. The van der Waals surface area contributed by atoms with Crippen molar-refractivity contribution in [3.8, 4) is 0 Å². The van der Waals surface area contributed by atoms with Gasteiger partial charge in [-0.1, -0.05) is 29.8 Å². The first-order chi connectivity index (χ1) is 11.1. The fourth-order valence-corrected chi connectivity index (χ4v) is 3.25. The Bertz CT molecular complexity index is 580. The van der Waals surface area contributed by atoms with Gasteiger partial charge in [0.15, 0.2) is 0 Å². The molecule has 2 fully saturated rings. The summed E-state index contributed by atoms with van der Waals surface area (Å²) in [6.07, 6.45) is 4.35. The number of benzene rings is 1. The third-order valence-electron chi connectivity index (χ3n) is 4.80. The summed E-state index contributed by atoms with van der Waals surface area (Å²) in [4.78, 5) is 28.5. The number of carbonyl (C=O) groups excluding carboxylic acids is 2. The van der Waals surface area contributed by atoms with E-state index >= 15 is 0 Å². The molecule has 23 heavy (non-hydrogen) atoms. The van der Waals surface area contributed by atoms with Crippen LogP contribution in [0.1, 0.15) is 36.8 Å². The Kier molecular flexibility index (Phi) is 4.99. The molecular weight excluding hydrogens is 288 g/mol. The first-order valence-corrected chi connectivity index (χ1v) is 8.75. The van der Waals surface area contributed by atoms with Gasteiger partial charge in [0, 0.05) is 38.5 Å². The van der Waals surface area contributed by atoms with Gasteiger partial charge in [0.2, 0.25) is 11.8 Å². The number of aryl methyl sites for hydroxylation is 2. The molecule has 0 spiro atoms. The maximum atomic E-state index is 12.5. The van der Waals surface area contributed by atoms with E-state index in [1.807, 2.05) is 15.9 Å². The third kappa shape index (κ3) is 4.34. The van der Waals surface area contributed by atoms with Gasteiger partial charge in [0.25, 0.3) is 0 Å². The number of rotatable bonds is 4. The summed E-state index contributed by atoms with van der Waals surface area (Å²) in [5.41, 5.74) is 2.46. The smallest absolute Gasteiger partial charge is 0.225 e. The normalized spacial score (nSPS) is 18.7. The Hall–Kier alpha value is -1.84. The standard InChI is InChI=1S/C19H26N2O2/c1-15-4-2-5-16(14-15)6-9-18(22)20-10-3-11-21(13-12-20)19(23)17-7-8-17/h2,4-5,14,17H,3,6-13H2,1H3. The molecular formula is C19H26N2O2. The van der Waals surface area contributed by atoms with Crippen molar-refractivity contribution in [2.45, 2.75) is 39.0 Å². The van der Waals surface area contributed by atoms with Crippen LogP contribution in [0.5, 0.6) is 0 Å². The van der Waals surface area contributed by atoms with Crippen LogP contribution in [0.25, 0.3) is 0 Å². The molecule has 1 aliphatic carbocycles. The second-order valence-corrected chi connectivity index (χ2v) is 6.82. The minimum Gasteiger partial charge on any atom is -0.341 e. The van der Waals surface area contributed by atoms with Gasteiger partial charge in [-0.3, -0.25) is 9.59 Å². The van der Waals surface area contributed by atoms with E-state index in [2.05, 4.69) is 25.1 Å². The molecule has 0 atom stereocenters. The second-order valence-electron chi connectivity index (χ2n) is 6.82. The maximum absolute atomic E-state index is 12.5. The van der Waals surface area contributed by atoms with E-state index in [1.165, 1.54) is 11.1 Å². The van der Waals surface area contributed by atoms with E-state index in [-0.39, 0.29) is 11.8 Å². The van der Waals surface area contributed by atoms with Crippen LogP contribution in [0.4, 0.5) is 0 Å². The highest BCUT2D eigenvalue weighted by Crippen LogP contribution is 2.31. The van der Waals surface area contributed by atoms with Crippen LogP contribution >= 0.6 is 0 Å². The average Bonchev–Trinajstić information content (AvgIpc) is 3.38. The SMILES string of the molecule is Cc1cccc(CCC(=O)N2CCCN(C(=O)C3CC3)CC2)c1. The fourth-order valence-electron chi connectivity index (χ4n) is 3.25. The Balaban J connectivity index is 1.48. The predicted octanol–water partition coefficient (Wildman–Crippen LogP) is 2.40. The van der Waals surface area contributed by atoms with Crippen LogP contribution in [-0.4, -0.2) is 47.8 Å². The lowest BCUT2D eigenvalue weighted by molar-refractivity contribution is -0.134. The molecule has 1 saturated carbocycles. The molecule has 0 aromatic heterocycles. The number of carbonyl (C=O) groups is 2. The molecule has 4 nitrogen and oxygen atoms in total. The van der Waals surface area contributed by atoms with E-state index in [4.69, 9.17) is 0 Å². The minimum atomic E-state index is 0.215. The lowest BCUT2D eigenvalue weighted by atomic mass is 10.1.